The fourth-order valence-corrected chi connectivity index (χ4v) is 4.79. The number of methoxy groups -OCH3 is 1. The van der Waals surface area contributed by atoms with Gasteiger partial charge in [-0.15, -0.1) is 0 Å². The summed E-state index contributed by atoms with van der Waals surface area (Å²) in [4.78, 5) is 0. The highest BCUT2D eigenvalue weighted by molar-refractivity contribution is 5.36. The molecule has 1 unspecified atom stereocenters. The van der Waals surface area contributed by atoms with Gasteiger partial charge in [-0.2, -0.15) is 0 Å². The quantitative estimate of drug-likeness (QED) is 0.701. The summed E-state index contributed by atoms with van der Waals surface area (Å²) in [6.07, 6.45) is 12.0. The van der Waals surface area contributed by atoms with E-state index in [9.17, 15) is 5.11 Å². The summed E-state index contributed by atoms with van der Waals surface area (Å²) in [6.45, 7) is 1.01. The van der Waals surface area contributed by atoms with Crippen molar-refractivity contribution in [1.29, 1.82) is 0 Å². The molecule has 3 rings (SSSR count). The third-order valence-corrected chi connectivity index (χ3v) is 6.45. The minimum absolute atomic E-state index is 0.112. The van der Waals surface area contributed by atoms with Crippen LogP contribution in [0.25, 0.3) is 0 Å². The molecule has 140 valence electrons. The lowest BCUT2D eigenvalue weighted by Gasteiger charge is -2.26. The van der Waals surface area contributed by atoms with Gasteiger partial charge in [-0.3, -0.25) is 0 Å². The van der Waals surface area contributed by atoms with Gasteiger partial charge in [0.1, 0.15) is 0 Å². The van der Waals surface area contributed by atoms with E-state index in [1.54, 1.807) is 18.2 Å². The average Bonchev–Trinajstić information content (AvgIpc) is 3.04. The molecule has 25 heavy (non-hydrogen) atoms. The van der Waals surface area contributed by atoms with E-state index in [0.717, 1.165) is 31.8 Å². The van der Waals surface area contributed by atoms with E-state index < -0.39 is 0 Å². The van der Waals surface area contributed by atoms with Gasteiger partial charge in [0, 0.05) is 19.3 Å². The number of fused-ring (bicyclic) bond motifs is 1. The predicted octanol–water partition coefficient (Wildman–Crippen LogP) is 3.96. The van der Waals surface area contributed by atoms with E-state index in [0.29, 0.717) is 5.92 Å². The van der Waals surface area contributed by atoms with Crippen molar-refractivity contribution >= 4 is 0 Å². The molecule has 0 bridgehead atoms. The molecule has 3 N–H and O–H groups in total. The first kappa shape index (κ1) is 18.9. The number of hydrogen-bond acceptors (Lipinski definition) is 3. The van der Waals surface area contributed by atoms with E-state index in [4.69, 9.17) is 10.5 Å². The monoisotopic (exact) mass is 345 g/mol. The zero-order valence-corrected chi connectivity index (χ0v) is 15.8. The van der Waals surface area contributed by atoms with Gasteiger partial charge in [0.25, 0.3) is 0 Å². The normalized spacial score (nSPS) is 28.9. The van der Waals surface area contributed by atoms with E-state index in [2.05, 4.69) is 18.2 Å². The van der Waals surface area contributed by atoms with Gasteiger partial charge < -0.3 is 15.6 Å². The van der Waals surface area contributed by atoms with Gasteiger partial charge in [0.2, 0.25) is 0 Å². The van der Waals surface area contributed by atoms with Gasteiger partial charge in [-0.05, 0) is 73.5 Å². The van der Waals surface area contributed by atoms with Crippen LogP contribution >= 0.6 is 0 Å². The Hall–Kier alpha value is -0.900. The number of nitrogens with two attached hydrogens (primary N) is 1. The number of aliphatic hydroxyl groups is 1. The van der Waals surface area contributed by atoms with Crippen LogP contribution in [0.4, 0.5) is 0 Å². The number of aryl methyl sites for hydroxylation is 1. The van der Waals surface area contributed by atoms with Crippen LogP contribution in [0, 0.1) is 5.92 Å². The molecule has 0 saturated heterocycles. The fraction of sp³-hybridized carbons (Fsp3) is 0.727. The largest absolute Gasteiger partial charge is 0.394 e. The molecule has 0 amide bonds. The second-order valence-corrected chi connectivity index (χ2v) is 8.44. The Kier molecular flexibility index (Phi) is 6.54. The molecule has 0 heterocycles. The average molecular weight is 346 g/mol. The molecule has 2 aliphatic carbocycles. The van der Waals surface area contributed by atoms with Crippen LogP contribution < -0.4 is 5.73 Å². The number of rotatable bonds is 8. The molecule has 3 heteroatoms. The van der Waals surface area contributed by atoms with Crippen molar-refractivity contribution in [2.24, 2.45) is 11.7 Å². The topological polar surface area (TPSA) is 55.5 Å². The Morgan fingerprint density at radius 2 is 2.08 bits per heavy atom. The number of unbranched alkanes of at least 4 members (excludes halogenated alkanes) is 2. The Bertz CT molecular complexity index is 559. The van der Waals surface area contributed by atoms with Crippen LogP contribution in [-0.4, -0.2) is 31.0 Å². The predicted molar refractivity (Wildman–Crippen MR) is 103 cm³/mol. The van der Waals surface area contributed by atoms with Crippen LogP contribution in [0.1, 0.15) is 74.0 Å². The SMILES string of the molecule is COCCCCCC1CCc2cc([C@@H]3CC[C@](N)(CO)C3)ccc2C1. The van der Waals surface area contributed by atoms with E-state index in [-0.39, 0.29) is 12.1 Å². The fourth-order valence-electron chi connectivity index (χ4n) is 4.79. The van der Waals surface area contributed by atoms with Crippen molar-refractivity contribution in [2.45, 2.75) is 75.7 Å². The molecule has 2 aliphatic rings. The smallest absolute Gasteiger partial charge is 0.0611 e. The highest BCUT2D eigenvalue weighted by atomic mass is 16.5. The van der Waals surface area contributed by atoms with Gasteiger partial charge in [-0.25, -0.2) is 0 Å². The lowest BCUT2D eigenvalue weighted by molar-refractivity contribution is 0.191. The lowest BCUT2D eigenvalue weighted by atomic mass is 9.79. The van der Waals surface area contributed by atoms with Gasteiger partial charge >= 0.3 is 0 Å². The molecule has 0 aromatic heterocycles. The van der Waals surface area contributed by atoms with E-state index >= 15 is 0 Å². The van der Waals surface area contributed by atoms with E-state index in [1.807, 2.05) is 0 Å². The summed E-state index contributed by atoms with van der Waals surface area (Å²) in [5.41, 5.74) is 10.5. The first-order valence-electron chi connectivity index (χ1n) is 10.1. The van der Waals surface area contributed by atoms with Crippen LogP contribution in [0.15, 0.2) is 18.2 Å². The van der Waals surface area contributed by atoms with E-state index in [1.165, 1.54) is 50.5 Å². The molecule has 0 spiro atoms. The molecule has 1 saturated carbocycles. The Balaban J connectivity index is 1.53. The summed E-state index contributed by atoms with van der Waals surface area (Å²) in [6, 6.07) is 7.14. The maximum atomic E-state index is 9.50. The molecule has 3 atom stereocenters. The van der Waals surface area contributed by atoms with Crippen LogP contribution in [0.2, 0.25) is 0 Å². The minimum atomic E-state index is -0.353. The number of ether oxygens (including phenoxy) is 1. The summed E-state index contributed by atoms with van der Waals surface area (Å²) in [5, 5.41) is 9.50. The number of aliphatic hydroxyl groups excluding tert-OH is 1. The molecule has 0 aliphatic heterocycles. The van der Waals surface area contributed by atoms with Crippen LogP contribution in [0.3, 0.4) is 0 Å². The summed E-state index contributed by atoms with van der Waals surface area (Å²) >= 11 is 0. The molecule has 1 aromatic carbocycles. The van der Waals surface area contributed by atoms with Crippen molar-refractivity contribution in [1.82, 2.24) is 0 Å². The summed E-state index contributed by atoms with van der Waals surface area (Å²) in [7, 11) is 1.79. The van der Waals surface area contributed by atoms with Crippen LogP contribution in [0.5, 0.6) is 0 Å². The molecule has 3 nitrogen and oxygen atoms in total. The first-order chi connectivity index (χ1) is 12.1. The minimum Gasteiger partial charge on any atom is -0.394 e. The Morgan fingerprint density at radius 1 is 1.20 bits per heavy atom. The zero-order valence-electron chi connectivity index (χ0n) is 15.8. The molecular weight excluding hydrogens is 310 g/mol. The third-order valence-electron chi connectivity index (χ3n) is 6.45. The highest BCUT2D eigenvalue weighted by Crippen LogP contribution is 2.40. The zero-order chi connectivity index (χ0) is 17.7. The number of benzene rings is 1. The Morgan fingerprint density at radius 3 is 2.84 bits per heavy atom. The van der Waals surface area contributed by atoms with Crippen LogP contribution in [-0.2, 0) is 17.6 Å². The Labute approximate surface area is 153 Å². The van der Waals surface area contributed by atoms with Crippen molar-refractivity contribution in [3.63, 3.8) is 0 Å². The maximum absolute atomic E-state index is 9.50. The first-order valence-corrected chi connectivity index (χ1v) is 10.1. The molecular formula is C22H35NO2. The van der Waals surface area contributed by atoms with Crippen molar-refractivity contribution < 1.29 is 9.84 Å². The second-order valence-electron chi connectivity index (χ2n) is 8.44. The highest BCUT2D eigenvalue weighted by Gasteiger charge is 2.36. The van der Waals surface area contributed by atoms with Gasteiger partial charge in [0.15, 0.2) is 0 Å². The molecule has 1 fully saturated rings. The van der Waals surface area contributed by atoms with Crippen molar-refractivity contribution in [3.8, 4) is 0 Å². The summed E-state index contributed by atoms with van der Waals surface area (Å²) < 4.78 is 5.13. The maximum Gasteiger partial charge on any atom is 0.0611 e. The standard InChI is InChI=1S/C22H35NO2/c1-25-12-4-2-3-5-17-6-7-19-14-20(9-8-18(19)13-17)21-10-11-22(23,15-21)16-24/h8-9,14,17,21,24H,2-7,10-13,15-16,23H2,1H3/t17?,21-,22-/m1/s1. The second kappa shape index (κ2) is 8.66. The van der Waals surface area contributed by atoms with Crippen molar-refractivity contribution in [2.75, 3.05) is 20.3 Å². The van der Waals surface area contributed by atoms with Gasteiger partial charge in [0.05, 0.1) is 6.61 Å². The number of hydrogen-bond donors (Lipinski definition) is 2. The van der Waals surface area contributed by atoms with Gasteiger partial charge in [-0.1, -0.05) is 37.5 Å². The molecule has 1 aromatic rings. The summed E-state index contributed by atoms with van der Waals surface area (Å²) in [5.74, 6) is 1.39. The third kappa shape index (κ3) is 4.84. The molecule has 0 radical (unpaired) electrons. The van der Waals surface area contributed by atoms with Crippen molar-refractivity contribution in [3.05, 3.63) is 34.9 Å². The lowest BCUT2D eigenvalue weighted by Crippen LogP contribution is -2.40.